The Bertz CT molecular complexity index is 947. The SMILES string of the molecule is CCOc1ccc2oc(C(=O)N3CCN(c4ncccn4)CC3)c(C)c2c1. The summed E-state index contributed by atoms with van der Waals surface area (Å²) >= 11 is 0. The third-order valence-corrected chi connectivity index (χ3v) is 4.81. The third kappa shape index (κ3) is 3.32. The van der Waals surface area contributed by atoms with Crippen LogP contribution >= 0.6 is 0 Å². The van der Waals surface area contributed by atoms with Gasteiger partial charge in [-0.05, 0) is 38.1 Å². The van der Waals surface area contributed by atoms with Crippen molar-refractivity contribution in [2.45, 2.75) is 13.8 Å². The van der Waals surface area contributed by atoms with Gasteiger partial charge >= 0.3 is 0 Å². The molecule has 2 aromatic heterocycles. The normalized spacial score (nSPS) is 14.6. The van der Waals surface area contributed by atoms with Crippen LogP contribution in [-0.4, -0.2) is 53.6 Å². The minimum atomic E-state index is -0.0738. The van der Waals surface area contributed by atoms with Crippen LogP contribution in [0.1, 0.15) is 23.0 Å². The second-order valence-corrected chi connectivity index (χ2v) is 6.48. The Morgan fingerprint density at radius 3 is 2.63 bits per heavy atom. The summed E-state index contributed by atoms with van der Waals surface area (Å²) in [5.41, 5.74) is 1.56. The van der Waals surface area contributed by atoms with Crippen molar-refractivity contribution in [1.82, 2.24) is 14.9 Å². The fourth-order valence-electron chi connectivity index (χ4n) is 3.37. The molecule has 1 aromatic carbocycles. The Morgan fingerprint density at radius 2 is 1.93 bits per heavy atom. The van der Waals surface area contributed by atoms with Crippen LogP contribution in [0.3, 0.4) is 0 Å². The quantitative estimate of drug-likeness (QED) is 0.707. The van der Waals surface area contributed by atoms with Crippen molar-refractivity contribution in [1.29, 1.82) is 0 Å². The van der Waals surface area contributed by atoms with Gasteiger partial charge in [0.05, 0.1) is 6.61 Å². The van der Waals surface area contributed by atoms with E-state index in [9.17, 15) is 4.79 Å². The average Bonchev–Trinajstić information content (AvgIpc) is 3.05. The molecule has 1 saturated heterocycles. The number of ether oxygens (including phenoxy) is 1. The molecule has 0 saturated carbocycles. The second-order valence-electron chi connectivity index (χ2n) is 6.48. The number of nitrogens with zero attached hydrogens (tertiary/aromatic N) is 4. The van der Waals surface area contributed by atoms with E-state index in [1.165, 1.54) is 0 Å². The van der Waals surface area contributed by atoms with Crippen LogP contribution in [0.4, 0.5) is 5.95 Å². The predicted molar refractivity (Wildman–Crippen MR) is 102 cm³/mol. The molecule has 140 valence electrons. The Kier molecular flexibility index (Phi) is 4.66. The fraction of sp³-hybridized carbons (Fsp3) is 0.350. The van der Waals surface area contributed by atoms with Crippen molar-refractivity contribution in [2.75, 3.05) is 37.7 Å². The predicted octanol–water partition coefficient (Wildman–Crippen LogP) is 2.89. The van der Waals surface area contributed by atoms with E-state index < -0.39 is 0 Å². The lowest BCUT2D eigenvalue weighted by atomic mass is 10.1. The molecule has 3 aromatic rings. The molecule has 0 N–H and O–H groups in total. The zero-order valence-electron chi connectivity index (χ0n) is 15.5. The van der Waals surface area contributed by atoms with Gasteiger partial charge in [0.2, 0.25) is 5.95 Å². The van der Waals surface area contributed by atoms with E-state index in [4.69, 9.17) is 9.15 Å². The Balaban J connectivity index is 1.51. The van der Waals surface area contributed by atoms with Crippen LogP contribution in [0.2, 0.25) is 0 Å². The van der Waals surface area contributed by atoms with Crippen LogP contribution in [0.5, 0.6) is 5.75 Å². The number of fused-ring (bicyclic) bond motifs is 1. The maximum Gasteiger partial charge on any atom is 0.290 e. The summed E-state index contributed by atoms with van der Waals surface area (Å²) in [6.45, 7) is 7.08. The summed E-state index contributed by atoms with van der Waals surface area (Å²) in [5, 5.41) is 0.917. The number of carbonyl (C=O) groups is 1. The number of benzene rings is 1. The van der Waals surface area contributed by atoms with Gasteiger partial charge in [0.1, 0.15) is 11.3 Å². The van der Waals surface area contributed by atoms with Crippen molar-refractivity contribution < 1.29 is 13.9 Å². The number of hydrogen-bond donors (Lipinski definition) is 0. The van der Waals surface area contributed by atoms with E-state index >= 15 is 0 Å². The molecular weight excluding hydrogens is 344 g/mol. The molecule has 0 unspecified atom stereocenters. The van der Waals surface area contributed by atoms with Crippen LogP contribution in [0.25, 0.3) is 11.0 Å². The summed E-state index contributed by atoms with van der Waals surface area (Å²) in [5.74, 6) is 1.82. The monoisotopic (exact) mass is 366 g/mol. The zero-order chi connectivity index (χ0) is 18.8. The fourth-order valence-corrected chi connectivity index (χ4v) is 3.37. The maximum absolute atomic E-state index is 13.0. The van der Waals surface area contributed by atoms with Gasteiger partial charge in [-0.15, -0.1) is 0 Å². The number of hydrogen-bond acceptors (Lipinski definition) is 6. The minimum Gasteiger partial charge on any atom is -0.494 e. The van der Waals surface area contributed by atoms with Crippen molar-refractivity contribution in [2.24, 2.45) is 0 Å². The molecule has 1 aliphatic rings. The highest BCUT2D eigenvalue weighted by atomic mass is 16.5. The summed E-state index contributed by atoms with van der Waals surface area (Å²) in [4.78, 5) is 25.5. The lowest BCUT2D eigenvalue weighted by Crippen LogP contribution is -2.49. The molecule has 1 fully saturated rings. The first kappa shape index (κ1) is 17.3. The van der Waals surface area contributed by atoms with Gasteiger partial charge in [0.15, 0.2) is 5.76 Å². The van der Waals surface area contributed by atoms with Crippen LogP contribution in [-0.2, 0) is 0 Å². The molecule has 7 heteroatoms. The molecular formula is C20H22N4O3. The van der Waals surface area contributed by atoms with E-state index in [0.29, 0.717) is 50.1 Å². The summed E-state index contributed by atoms with van der Waals surface area (Å²) < 4.78 is 11.4. The molecule has 0 aliphatic carbocycles. The number of amides is 1. The van der Waals surface area contributed by atoms with Crippen molar-refractivity contribution >= 4 is 22.8 Å². The van der Waals surface area contributed by atoms with Crippen LogP contribution < -0.4 is 9.64 Å². The number of carbonyl (C=O) groups excluding carboxylic acids is 1. The number of furan rings is 1. The average molecular weight is 366 g/mol. The Hall–Kier alpha value is -3.09. The molecule has 0 spiro atoms. The molecule has 7 nitrogen and oxygen atoms in total. The van der Waals surface area contributed by atoms with Gasteiger partial charge in [-0.1, -0.05) is 0 Å². The van der Waals surface area contributed by atoms with Crippen LogP contribution in [0.15, 0.2) is 41.1 Å². The summed E-state index contributed by atoms with van der Waals surface area (Å²) in [7, 11) is 0. The molecule has 0 radical (unpaired) electrons. The third-order valence-electron chi connectivity index (χ3n) is 4.81. The van der Waals surface area contributed by atoms with Crippen molar-refractivity contribution in [3.05, 3.63) is 48.0 Å². The topological polar surface area (TPSA) is 71.7 Å². The lowest BCUT2D eigenvalue weighted by molar-refractivity contribution is 0.0715. The van der Waals surface area contributed by atoms with Crippen molar-refractivity contribution in [3.8, 4) is 5.75 Å². The van der Waals surface area contributed by atoms with E-state index in [1.54, 1.807) is 18.5 Å². The molecule has 1 aliphatic heterocycles. The highest BCUT2D eigenvalue weighted by Gasteiger charge is 2.27. The van der Waals surface area contributed by atoms with E-state index in [0.717, 1.165) is 16.7 Å². The van der Waals surface area contributed by atoms with E-state index in [2.05, 4.69) is 14.9 Å². The zero-order valence-corrected chi connectivity index (χ0v) is 15.5. The maximum atomic E-state index is 13.0. The molecule has 0 atom stereocenters. The molecule has 27 heavy (non-hydrogen) atoms. The number of aryl methyl sites for hydroxylation is 1. The van der Waals surface area contributed by atoms with E-state index in [1.807, 2.05) is 36.9 Å². The first-order valence-electron chi connectivity index (χ1n) is 9.14. The standard InChI is InChI=1S/C20H22N4O3/c1-3-26-15-5-6-17-16(13-15)14(2)18(27-17)19(25)23-9-11-24(12-10-23)20-21-7-4-8-22-20/h4-8,13H,3,9-12H2,1-2H3. The largest absolute Gasteiger partial charge is 0.494 e. The number of rotatable bonds is 4. The van der Waals surface area contributed by atoms with Gasteiger partial charge in [-0.2, -0.15) is 0 Å². The highest BCUT2D eigenvalue weighted by Crippen LogP contribution is 2.30. The van der Waals surface area contributed by atoms with E-state index in [-0.39, 0.29) is 5.91 Å². The number of aromatic nitrogens is 2. The highest BCUT2D eigenvalue weighted by molar-refractivity contribution is 5.99. The minimum absolute atomic E-state index is 0.0738. The smallest absolute Gasteiger partial charge is 0.290 e. The van der Waals surface area contributed by atoms with Crippen LogP contribution in [0, 0.1) is 6.92 Å². The lowest BCUT2D eigenvalue weighted by Gasteiger charge is -2.34. The van der Waals surface area contributed by atoms with Gasteiger partial charge in [-0.25, -0.2) is 9.97 Å². The molecule has 4 rings (SSSR count). The first-order valence-corrected chi connectivity index (χ1v) is 9.14. The van der Waals surface area contributed by atoms with Crippen molar-refractivity contribution in [3.63, 3.8) is 0 Å². The Morgan fingerprint density at radius 1 is 1.19 bits per heavy atom. The van der Waals surface area contributed by atoms with Gasteiger partial charge < -0.3 is 19.0 Å². The van der Waals surface area contributed by atoms with Gasteiger partial charge in [-0.3, -0.25) is 4.79 Å². The molecule has 1 amide bonds. The van der Waals surface area contributed by atoms with Gasteiger partial charge in [0.25, 0.3) is 5.91 Å². The summed E-state index contributed by atoms with van der Waals surface area (Å²) in [6.07, 6.45) is 3.46. The summed E-state index contributed by atoms with van der Waals surface area (Å²) in [6, 6.07) is 7.44. The molecule has 0 bridgehead atoms. The first-order chi connectivity index (χ1) is 13.2. The second kappa shape index (κ2) is 7.26. The number of piperazine rings is 1. The van der Waals surface area contributed by atoms with Gasteiger partial charge in [0, 0.05) is 49.5 Å². The Labute approximate surface area is 157 Å². The molecule has 3 heterocycles. The number of anilines is 1.